The topological polar surface area (TPSA) is 50.2 Å². The quantitative estimate of drug-likeness (QED) is 0.892. The first-order valence-electron chi connectivity index (χ1n) is 4.56. The SMILES string of the molecule is O=C(O)C(F)c1nc(-c2ccccc2)cs1. The van der Waals surface area contributed by atoms with Crippen molar-refractivity contribution >= 4 is 17.3 Å². The molecule has 1 aromatic carbocycles. The molecule has 0 amide bonds. The molecule has 0 saturated heterocycles. The minimum atomic E-state index is -2.04. The lowest BCUT2D eigenvalue weighted by Gasteiger charge is -1.97. The van der Waals surface area contributed by atoms with Crippen LogP contribution in [0.25, 0.3) is 11.3 Å². The molecular weight excluding hydrogens is 229 g/mol. The molecule has 3 nitrogen and oxygen atoms in total. The molecule has 5 heteroatoms. The number of carboxylic acids is 1. The second-order valence-electron chi connectivity index (χ2n) is 3.14. The van der Waals surface area contributed by atoms with Crippen LogP contribution in [0.2, 0.25) is 0 Å². The van der Waals surface area contributed by atoms with Gasteiger partial charge in [0, 0.05) is 10.9 Å². The number of rotatable bonds is 3. The number of hydrogen-bond donors (Lipinski definition) is 1. The Bertz CT molecular complexity index is 498. The molecule has 0 bridgehead atoms. The summed E-state index contributed by atoms with van der Waals surface area (Å²) in [4.78, 5) is 14.4. The first-order chi connectivity index (χ1) is 7.68. The third-order valence-electron chi connectivity index (χ3n) is 2.03. The zero-order valence-electron chi connectivity index (χ0n) is 8.13. The van der Waals surface area contributed by atoms with Crippen molar-refractivity contribution in [3.8, 4) is 11.3 Å². The van der Waals surface area contributed by atoms with Gasteiger partial charge >= 0.3 is 5.97 Å². The molecule has 0 aliphatic carbocycles. The second kappa shape index (κ2) is 4.40. The van der Waals surface area contributed by atoms with E-state index >= 15 is 0 Å². The maximum Gasteiger partial charge on any atom is 0.345 e. The van der Waals surface area contributed by atoms with Gasteiger partial charge in [-0.05, 0) is 0 Å². The number of hydrogen-bond acceptors (Lipinski definition) is 3. The lowest BCUT2D eigenvalue weighted by Crippen LogP contribution is -2.05. The van der Waals surface area contributed by atoms with Gasteiger partial charge in [0.05, 0.1) is 5.69 Å². The number of aliphatic carboxylic acids is 1. The van der Waals surface area contributed by atoms with Crippen LogP contribution in [0.4, 0.5) is 4.39 Å². The van der Waals surface area contributed by atoms with Crippen molar-refractivity contribution in [3.63, 3.8) is 0 Å². The Kier molecular flexibility index (Phi) is 2.96. The minimum Gasteiger partial charge on any atom is -0.479 e. The first kappa shape index (κ1) is 10.8. The molecule has 0 aliphatic rings. The lowest BCUT2D eigenvalue weighted by atomic mass is 10.2. The van der Waals surface area contributed by atoms with Crippen LogP contribution in [-0.4, -0.2) is 16.1 Å². The summed E-state index contributed by atoms with van der Waals surface area (Å²) in [5.74, 6) is -1.51. The molecule has 0 spiro atoms. The van der Waals surface area contributed by atoms with E-state index in [2.05, 4.69) is 4.98 Å². The Hall–Kier alpha value is -1.75. The van der Waals surface area contributed by atoms with Crippen molar-refractivity contribution in [2.45, 2.75) is 6.17 Å². The predicted octanol–water partition coefficient (Wildman–Crippen LogP) is 2.91. The molecule has 1 unspecified atom stereocenters. The Morgan fingerprint density at radius 2 is 2.06 bits per heavy atom. The fourth-order valence-electron chi connectivity index (χ4n) is 1.25. The summed E-state index contributed by atoms with van der Waals surface area (Å²) >= 11 is 1.01. The van der Waals surface area contributed by atoms with Crippen LogP contribution >= 0.6 is 11.3 Å². The van der Waals surface area contributed by atoms with Crippen LogP contribution in [0.5, 0.6) is 0 Å². The maximum absolute atomic E-state index is 13.1. The number of thiazole rings is 1. The van der Waals surface area contributed by atoms with E-state index in [0.29, 0.717) is 5.69 Å². The van der Waals surface area contributed by atoms with Gasteiger partial charge in [-0.15, -0.1) is 11.3 Å². The highest BCUT2D eigenvalue weighted by Crippen LogP contribution is 2.27. The molecule has 16 heavy (non-hydrogen) atoms. The first-order valence-corrected chi connectivity index (χ1v) is 5.44. The van der Waals surface area contributed by atoms with Gasteiger partial charge in [0.1, 0.15) is 5.01 Å². The van der Waals surface area contributed by atoms with Gasteiger partial charge in [0.15, 0.2) is 0 Å². The van der Waals surface area contributed by atoms with E-state index in [9.17, 15) is 9.18 Å². The molecule has 1 heterocycles. The van der Waals surface area contributed by atoms with Gasteiger partial charge in [-0.25, -0.2) is 14.2 Å². The fraction of sp³-hybridized carbons (Fsp3) is 0.0909. The molecule has 0 radical (unpaired) electrons. The van der Waals surface area contributed by atoms with Crippen molar-refractivity contribution in [1.82, 2.24) is 4.98 Å². The van der Waals surface area contributed by atoms with Crippen molar-refractivity contribution in [2.24, 2.45) is 0 Å². The number of carbonyl (C=O) groups is 1. The number of aromatic nitrogens is 1. The van der Waals surface area contributed by atoms with Crippen molar-refractivity contribution in [1.29, 1.82) is 0 Å². The summed E-state index contributed by atoms with van der Waals surface area (Å²) in [5.41, 5.74) is 1.45. The highest BCUT2D eigenvalue weighted by atomic mass is 32.1. The summed E-state index contributed by atoms with van der Waals surface area (Å²) in [6.07, 6.45) is -2.04. The fourth-order valence-corrected chi connectivity index (χ4v) is 2.04. The number of benzene rings is 1. The molecule has 82 valence electrons. The number of carboxylic acid groups (broad SMARTS) is 1. The summed E-state index contributed by atoms with van der Waals surface area (Å²) in [5, 5.41) is 10.1. The zero-order chi connectivity index (χ0) is 11.5. The molecule has 1 N–H and O–H groups in total. The normalized spacial score (nSPS) is 12.3. The lowest BCUT2D eigenvalue weighted by molar-refractivity contribution is -0.143. The van der Waals surface area contributed by atoms with E-state index < -0.39 is 12.1 Å². The van der Waals surface area contributed by atoms with Crippen LogP contribution in [0, 0.1) is 0 Å². The largest absolute Gasteiger partial charge is 0.479 e. The van der Waals surface area contributed by atoms with Gasteiger partial charge in [-0.1, -0.05) is 30.3 Å². The van der Waals surface area contributed by atoms with E-state index in [4.69, 9.17) is 5.11 Å². The molecule has 0 aliphatic heterocycles. The summed E-state index contributed by atoms with van der Waals surface area (Å²) < 4.78 is 13.1. The van der Waals surface area contributed by atoms with Gasteiger partial charge in [-0.3, -0.25) is 0 Å². The Labute approximate surface area is 95.2 Å². The Morgan fingerprint density at radius 1 is 1.38 bits per heavy atom. The third kappa shape index (κ3) is 2.09. The predicted molar refractivity (Wildman–Crippen MR) is 59.0 cm³/mol. The molecule has 0 saturated carbocycles. The average molecular weight is 237 g/mol. The van der Waals surface area contributed by atoms with Gasteiger partial charge in [0.25, 0.3) is 0 Å². The van der Waals surface area contributed by atoms with Crippen molar-refractivity contribution < 1.29 is 14.3 Å². The van der Waals surface area contributed by atoms with E-state index in [0.717, 1.165) is 16.9 Å². The summed E-state index contributed by atoms with van der Waals surface area (Å²) in [6, 6.07) is 9.24. The Morgan fingerprint density at radius 3 is 2.69 bits per heavy atom. The highest BCUT2D eigenvalue weighted by molar-refractivity contribution is 7.10. The number of nitrogens with zero attached hydrogens (tertiary/aromatic N) is 1. The maximum atomic E-state index is 13.1. The van der Waals surface area contributed by atoms with Crippen LogP contribution in [0.3, 0.4) is 0 Å². The smallest absolute Gasteiger partial charge is 0.345 e. The van der Waals surface area contributed by atoms with Crippen LogP contribution in [0.1, 0.15) is 11.2 Å². The van der Waals surface area contributed by atoms with E-state index in [-0.39, 0.29) is 5.01 Å². The molecule has 1 atom stereocenters. The van der Waals surface area contributed by atoms with Crippen LogP contribution in [0.15, 0.2) is 35.7 Å². The van der Waals surface area contributed by atoms with E-state index in [1.807, 2.05) is 30.3 Å². The van der Waals surface area contributed by atoms with Gasteiger partial charge < -0.3 is 5.11 Å². The summed E-state index contributed by atoms with van der Waals surface area (Å²) in [7, 11) is 0. The van der Waals surface area contributed by atoms with Crippen LogP contribution in [-0.2, 0) is 4.79 Å². The molecule has 0 fully saturated rings. The third-order valence-corrected chi connectivity index (χ3v) is 2.91. The highest BCUT2D eigenvalue weighted by Gasteiger charge is 2.22. The van der Waals surface area contributed by atoms with Gasteiger partial charge in [-0.2, -0.15) is 0 Å². The van der Waals surface area contributed by atoms with Crippen molar-refractivity contribution in [2.75, 3.05) is 0 Å². The van der Waals surface area contributed by atoms with Crippen molar-refractivity contribution in [3.05, 3.63) is 40.7 Å². The average Bonchev–Trinajstić information content (AvgIpc) is 2.78. The minimum absolute atomic E-state index is 0.0219. The van der Waals surface area contributed by atoms with E-state index in [1.165, 1.54) is 0 Å². The zero-order valence-corrected chi connectivity index (χ0v) is 8.95. The number of halogens is 1. The van der Waals surface area contributed by atoms with Crippen LogP contribution < -0.4 is 0 Å². The summed E-state index contributed by atoms with van der Waals surface area (Å²) in [6.45, 7) is 0. The molecule has 2 rings (SSSR count). The second-order valence-corrected chi connectivity index (χ2v) is 4.03. The molecule has 1 aromatic heterocycles. The Balaban J connectivity index is 2.30. The molecular formula is C11H8FNO2S. The molecule has 2 aromatic rings. The monoisotopic (exact) mass is 237 g/mol. The van der Waals surface area contributed by atoms with Gasteiger partial charge in [0.2, 0.25) is 6.17 Å². The van der Waals surface area contributed by atoms with E-state index in [1.54, 1.807) is 5.38 Å². The standard InChI is InChI=1S/C11H8FNO2S/c12-9(11(14)15)10-13-8(6-16-10)7-4-2-1-3-5-7/h1-6,9H,(H,14,15). The number of alkyl halides is 1.